The number of hydrogen-bond donors (Lipinski definition) is 1. The number of rotatable bonds is 6. The fraction of sp³-hybridized carbons (Fsp3) is 0.0476. The molecule has 0 amide bonds. The highest BCUT2D eigenvalue weighted by Gasteiger charge is 2.62. The topological polar surface area (TPSA) is 37.8 Å². The normalized spacial score (nSPS) is 18.9. The summed E-state index contributed by atoms with van der Waals surface area (Å²) in [7, 11) is 0. The van der Waals surface area contributed by atoms with Crippen LogP contribution >= 0.6 is 0 Å². The molecular weight excluding hydrogens is 855 g/mol. The van der Waals surface area contributed by atoms with Crippen molar-refractivity contribution in [2.24, 2.45) is 0 Å². The predicted octanol–water partition coefficient (Wildman–Crippen LogP) is 15.2. The number of nitrogens with zero attached hydrogens (tertiary/aromatic N) is 6. The lowest BCUT2D eigenvalue weighted by Crippen LogP contribution is -2.32. The first-order valence-corrected chi connectivity index (χ1v) is 24.3. The number of para-hydroxylation sites is 6. The molecule has 0 spiro atoms. The smallest absolute Gasteiger partial charge is 0.175 e. The number of fused-ring (bicyclic) bond motifs is 13. The van der Waals surface area contributed by atoms with Crippen molar-refractivity contribution < 1.29 is 0 Å². The van der Waals surface area contributed by atoms with Gasteiger partial charge in [-0.05, 0) is 89.5 Å². The van der Waals surface area contributed by atoms with Crippen molar-refractivity contribution in [1.82, 2.24) is 33.6 Å². The van der Waals surface area contributed by atoms with Gasteiger partial charge in [-0.25, -0.2) is 0 Å². The number of benzene rings is 10. The Bertz CT molecular complexity index is 4410. The Kier molecular flexibility index (Phi) is 7.87. The van der Waals surface area contributed by atoms with Crippen molar-refractivity contribution >= 4 is 87.2 Å². The van der Waals surface area contributed by atoms with Gasteiger partial charge in [0.2, 0.25) is 0 Å². The van der Waals surface area contributed by atoms with E-state index >= 15 is 0 Å². The van der Waals surface area contributed by atoms with Gasteiger partial charge in [0.1, 0.15) is 6.17 Å². The third kappa shape index (κ3) is 5.28. The Hall–Kier alpha value is -8.72. The fourth-order valence-corrected chi connectivity index (χ4v) is 12.3. The minimum atomic E-state index is -0.228. The summed E-state index contributed by atoms with van der Waals surface area (Å²) in [6, 6.07) is 86.9. The average molecular weight is 898 g/mol. The van der Waals surface area contributed by atoms with Gasteiger partial charge in [0.05, 0.1) is 44.1 Å². The van der Waals surface area contributed by atoms with Crippen LogP contribution in [0, 0.1) is 0 Å². The summed E-state index contributed by atoms with van der Waals surface area (Å²) >= 11 is 0. The first kappa shape index (κ1) is 38.3. The summed E-state index contributed by atoms with van der Waals surface area (Å²) < 4.78 is 10.1. The van der Waals surface area contributed by atoms with E-state index in [1.807, 2.05) is 0 Å². The molecule has 5 atom stereocenters. The van der Waals surface area contributed by atoms with E-state index in [1.165, 1.54) is 104 Å². The molecule has 70 heavy (non-hydrogen) atoms. The molecule has 0 aliphatic carbocycles. The molecule has 10 aromatic carbocycles. The number of aromatic nitrogens is 4. The Morgan fingerprint density at radius 3 is 1.21 bits per heavy atom. The van der Waals surface area contributed by atoms with Crippen LogP contribution in [0.3, 0.4) is 0 Å². The number of hydrazine groups is 1. The van der Waals surface area contributed by atoms with Crippen LogP contribution < -0.4 is 5.32 Å². The van der Waals surface area contributed by atoms with Gasteiger partial charge in [-0.15, -0.1) is 0 Å². The predicted molar refractivity (Wildman–Crippen MR) is 287 cm³/mol. The quantitative estimate of drug-likeness (QED) is 0.169. The largest absolute Gasteiger partial charge is 0.310 e. The van der Waals surface area contributed by atoms with Gasteiger partial charge in [0, 0.05) is 54.5 Å². The number of hydrogen-bond acceptors (Lipinski definition) is 3. The monoisotopic (exact) mass is 897 g/mol. The summed E-state index contributed by atoms with van der Waals surface area (Å²) in [6.45, 7) is 0. The third-order valence-electron chi connectivity index (χ3n) is 15.4. The second-order valence-electron chi connectivity index (χ2n) is 19.0. The lowest BCUT2D eigenvalue weighted by molar-refractivity contribution is 0.245. The third-order valence-corrected chi connectivity index (χ3v) is 15.4. The number of nitrogens with one attached hydrogen (secondary N) is 1. The second-order valence-corrected chi connectivity index (χ2v) is 19.0. The molecule has 7 nitrogen and oxygen atoms in total. The summed E-state index contributed by atoms with van der Waals surface area (Å²) in [6.07, 6.45) is -0.449. The molecular formula is C63H43N7. The van der Waals surface area contributed by atoms with Crippen molar-refractivity contribution in [3.63, 3.8) is 0 Å². The van der Waals surface area contributed by atoms with Crippen LogP contribution in [0.5, 0.6) is 0 Å². The first-order valence-electron chi connectivity index (χ1n) is 24.3. The van der Waals surface area contributed by atoms with Crippen LogP contribution in [-0.2, 0) is 0 Å². The minimum Gasteiger partial charge on any atom is -0.310 e. The van der Waals surface area contributed by atoms with Crippen molar-refractivity contribution in [1.29, 1.82) is 0 Å². The van der Waals surface area contributed by atoms with Crippen molar-refractivity contribution in [3.05, 3.63) is 242 Å². The van der Waals surface area contributed by atoms with Gasteiger partial charge in [-0.3, -0.25) is 5.32 Å². The summed E-state index contributed by atoms with van der Waals surface area (Å²) in [4.78, 5) is 0. The van der Waals surface area contributed by atoms with Crippen LogP contribution in [0.25, 0.3) is 110 Å². The molecule has 4 aromatic heterocycles. The lowest BCUT2D eigenvalue weighted by Gasteiger charge is -2.24. The minimum absolute atomic E-state index is 0.102. The maximum absolute atomic E-state index is 4.23. The lowest BCUT2D eigenvalue weighted by atomic mass is 10.0. The molecule has 2 saturated heterocycles. The zero-order valence-corrected chi connectivity index (χ0v) is 37.9. The van der Waals surface area contributed by atoms with E-state index in [0.717, 1.165) is 11.4 Å². The van der Waals surface area contributed by atoms with E-state index in [1.54, 1.807) is 0 Å². The molecule has 7 heteroatoms. The maximum Gasteiger partial charge on any atom is 0.175 e. The Morgan fingerprint density at radius 1 is 0.286 bits per heavy atom. The van der Waals surface area contributed by atoms with Crippen LogP contribution in [0.1, 0.15) is 24.3 Å². The van der Waals surface area contributed by atoms with E-state index in [4.69, 9.17) is 0 Å². The van der Waals surface area contributed by atoms with Crippen LogP contribution in [0.2, 0.25) is 0 Å². The van der Waals surface area contributed by atoms with E-state index in [0.29, 0.717) is 0 Å². The Labute approximate surface area is 402 Å². The maximum atomic E-state index is 4.23. The molecule has 2 fully saturated rings. The highest BCUT2D eigenvalue weighted by Crippen LogP contribution is 2.57. The summed E-state index contributed by atoms with van der Waals surface area (Å²) in [5.74, 6) is 0. The summed E-state index contributed by atoms with van der Waals surface area (Å²) in [5, 5.41) is 19.4. The van der Waals surface area contributed by atoms with E-state index in [2.05, 4.69) is 270 Å². The van der Waals surface area contributed by atoms with Gasteiger partial charge in [-0.1, -0.05) is 164 Å². The van der Waals surface area contributed by atoms with E-state index in [-0.39, 0.29) is 18.7 Å². The molecule has 2 aliphatic heterocycles. The van der Waals surface area contributed by atoms with E-state index in [9.17, 15) is 0 Å². The van der Waals surface area contributed by atoms with Gasteiger partial charge >= 0.3 is 0 Å². The zero-order chi connectivity index (χ0) is 45.6. The van der Waals surface area contributed by atoms with Gasteiger partial charge in [-0.2, -0.15) is 10.0 Å². The fourth-order valence-electron chi connectivity index (χ4n) is 12.3. The molecule has 16 rings (SSSR count). The first-order chi connectivity index (χ1) is 34.8. The van der Waals surface area contributed by atoms with Crippen molar-refractivity contribution in [2.45, 2.75) is 18.7 Å². The summed E-state index contributed by atoms with van der Waals surface area (Å²) in [5.41, 5.74) is 15.5. The SMILES string of the molecule is c1ccc(-c2ccc(C3NC(n4c5ccccc5c5cc6c7ccccc7n(-c7ccccc7)c6cc54)N4C(n5c6ccccc6c6cc7c8ccccc8n(-c8ccccc8)c7cc65)N34)cc2)cc1. The van der Waals surface area contributed by atoms with Crippen LogP contribution in [-0.4, -0.2) is 28.3 Å². The van der Waals surface area contributed by atoms with E-state index < -0.39 is 0 Å². The van der Waals surface area contributed by atoms with Crippen LogP contribution in [0.4, 0.5) is 0 Å². The van der Waals surface area contributed by atoms with Crippen molar-refractivity contribution in [2.75, 3.05) is 0 Å². The van der Waals surface area contributed by atoms with Crippen LogP contribution in [0.15, 0.2) is 237 Å². The molecule has 6 heterocycles. The van der Waals surface area contributed by atoms with Gasteiger partial charge in [0.15, 0.2) is 12.6 Å². The average Bonchev–Trinajstić information content (AvgIpc) is 3.80. The molecule has 2 aliphatic rings. The standard InChI is InChI=1S/C63H43N7/c1-4-18-40(19-5-1)41-32-34-42(35-33-41)61-64-62(67-55-30-16-12-26-47(55)51-36-49-45-24-10-14-28-53(45)65(57(49)38-59(51)67)43-20-6-2-7-21-43)70-63(69(61)70)68-56-31-17-13-27-48(56)52-37-50-46-25-11-15-29-54(46)66(58(50)39-60(52)68)44-22-8-3-9-23-44/h1-39,61-64H. The van der Waals surface area contributed by atoms with Gasteiger partial charge in [0.25, 0.3) is 0 Å². The van der Waals surface area contributed by atoms with Crippen molar-refractivity contribution in [3.8, 4) is 22.5 Å². The highest BCUT2D eigenvalue weighted by molar-refractivity contribution is 6.20. The Balaban J connectivity index is 0.946. The molecule has 1 N–H and O–H groups in total. The second kappa shape index (κ2) is 14.4. The molecule has 0 saturated carbocycles. The molecule has 14 aromatic rings. The highest BCUT2D eigenvalue weighted by atomic mass is 16.0. The molecule has 330 valence electrons. The Morgan fingerprint density at radius 2 is 0.686 bits per heavy atom. The molecule has 0 radical (unpaired) electrons. The molecule has 0 bridgehead atoms. The molecule has 5 unspecified atom stereocenters. The van der Waals surface area contributed by atoms with Gasteiger partial charge < -0.3 is 18.3 Å². The zero-order valence-electron chi connectivity index (χ0n) is 37.9.